The van der Waals surface area contributed by atoms with Crippen LogP contribution in [0.3, 0.4) is 0 Å². The molecular formula is C18H15FN4O. The van der Waals surface area contributed by atoms with Gasteiger partial charge in [0.1, 0.15) is 5.82 Å². The lowest BCUT2D eigenvalue weighted by atomic mass is 10.2. The Balaban J connectivity index is 1.72. The van der Waals surface area contributed by atoms with Crippen molar-refractivity contribution in [3.8, 4) is 5.69 Å². The minimum atomic E-state index is -0.609. The number of rotatable bonds is 3. The molecule has 3 aromatic rings. The minimum absolute atomic E-state index is 0.309. The fourth-order valence-electron chi connectivity index (χ4n) is 2.97. The fourth-order valence-corrected chi connectivity index (χ4v) is 2.97. The van der Waals surface area contributed by atoms with Gasteiger partial charge in [-0.1, -0.05) is 18.2 Å². The van der Waals surface area contributed by atoms with Crippen LogP contribution in [0.15, 0.2) is 48.7 Å². The van der Waals surface area contributed by atoms with Gasteiger partial charge in [-0.15, -0.1) is 0 Å². The lowest BCUT2D eigenvalue weighted by molar-refractivity contribution is 0.102. The molecule has 0 fully saturated rings. The van der Waals surface area contributed by atoms with Gasteiger partial charge in [-0.25, -0.2) is 9.67 Å². The number of benzene rings is 1. The first kappa shape index (κ1) is 14.6. The summed E-state index contributed by atoms with van der Waals surface area (Å²) in [4.78, 5) is 16.0. The molecule has 2 aromatic heterocycles. The molecule has 1 aliphatic rings. The third-order valence-electron chi connectivity index (χ3n) is 4.13. The molecule has 1 aliphatic carbocycles. The van der Waals surface area contributed by atoms with E-state index in [0.717, 1.165) is 36.2 Å². The Kier molecular flexibility index (Phi) is 3.57. The molecule has 0 radical (unpaired) electrons. The predicted molar refractivity (Wildman–Crippen MR) is 87.7 cm³/mol. The van der Waals surface area contributed by atoms with E-state index in [0.29, 0.717) is 11.4 Å². The minimum Gasteiger partial charge on any atom is -0.306 e. The maximum atomic E-state index is 12.9. The first-order chi connectivity index (χ1) is 11.7. The number of aryl methyl sites for hydroxylation is 1. The highest BCUT2D eigenvalue weighted by molar-refractivity contribution is 6.04. The molecule has 1 amide bonds. The van der Waals surface area contributed by atoms with Crippen molar-refractivity contribution in [3.63, 3.8) is 0 Å². The van der Waals surface area contributed by atoms with E-state index in [9.17, 15) is 9.18 Å². The van der Waals surface area contributed by atoms with Crippen molar-refractivity contribution in [2.75, 3.05) is 5.32 Å². The highest BCUT2D eigenvalue weighted by Gasteiger charge is 2.24. The lowest BCUT2D eigenvalue weighted by Gasteiger charge is -2.11. The summed E-state index contributed by atoms with van der Waals surface area (Å²) in [6.07, 6.45) is 4.07. The van der Waals surface area contributed by atoms with Gasteiger partial charge in [0.25, 0.3) is 5.91 Å². The standard InChI is InChI=1S/C18H15FN4O/c19-16-10-9-12(11-20-16)18(24)21-17-14-7-4-8-15(14)22-23(17)13-5-2-1-3-6-13/h1-3,5-6,9-11H,4,7-8H2,(H,21,24). The van der Waals surface area contributed by atoms with Gasteiger partial charge in [0, 0.05) is 11.8 Å². The zero-order valence-electron chi connectivity index (χ0n) is 12.9. The monoisotopic (exact) mass is 322 g/mol. The van der Waals surface area contributed by atoms with Gasteiger partial charge >= 0.3 is 0 Å². The predicted octanol–water partition coefficient (Wildman–Crippen LogP) is 3.15. The number of nitrogens with zero attached hydrogens (tertiary/aromatic N) is 3. The van der Waals surface area contributed by atoms with E-state index >= 15 is 0 Å². The van der Waals surface area contributed by atoms with Crippen LogP contribution in [0.5, 0.6) is 0 Å². The molecule has 24 heavy (non-hydrogen) atoms. The Bertz CT molecular complexity index is 887. The third-order valence-corrected chi connectivity index (χ3v) is 4.13. The Labute approximate surface area is 138 Å². The first-order valence-electron chi connectivity index (χ1n) is 7.81. The van der Waals surface area contributed by atoms with Gasteiger partial charge in [-0.2, -0.15) is 9.49 Å². The second-order valence-electron chi connectivity index (χ2n) is 5.70. The van der Waals surface area contributed by atoms with Crippen molar-refractivity contribution < 1.29 is 9.18 Å². The van der Waals surface area contributed by atoms with Crippen LogP contribution < -0.4 is 5.32 Å². The fraction of sp³-hybridized carbons (Fsp3) is 0.167. The number of hydrogen-bond acceptors (Lipinski definition) is 3. The van der Waals surface area contributed by atoms with E-state index in [1.54, 1.807) is 4.68 Å². The Morgan fingerprint density at radius 1 is 1.12 bits per heavy atom. The summed E-state index contributed by atoms with van der Waals surface area (Å²) in [6, 6.07) is 12.3. The van der Waals surface area contributed by atoms with Crippen LogP contribution in [-0.4, -0.2) is 20.7 Å². The Morgan fingerprint density at radius 2 is 1.96 bits per heavy atom. The van der Waals surface area contributed by atoms with Crippen LogP contribution in [0.2, 0.25) is 0 Å². The summed E-state index contributed by atoms with van der Waals surface area (Å²) in [5.41, 5.74) is 3.29. The molecule has 1 N–H and O–H groups in total. The van der Waals surface area contributed by atoms with Gasteiger partial charge in [0.05, 0.1) is 16.9 Å². The zero-order chi connectivity index (χ0) is 16.5. The summed E-state index contributed by atoms with van der Waals surface area (Å²) < 4.78 is 14.7. The van der Waals surface area contributed by atoms with Crippen molar-refractivity contribution >= 4 is 11.7 Å². The smallest absolute Gasteiger partial charge is 0.258 e. The van der Waals surface area contributed by atoms with E-state index in [4.69, 9.17) is 0 Å². The van der Waals surface area contributed by atoms with Crippen LogP contribution in [0.4, 0.5) is 10.2 Å². The number of fused-ring (bicyclic) bond motifs is 1. The molecule has 5 nitrogen and oxygen atoms in total. The molecule has 0 spiro atoms. The highest BCUT2D eigenvalue weighted by atomic mass is 19.1. The number of carbonyl (C=O) groups excluding carboxylic acids is 1. The molecular weight excluding hydrogens is 307 g/mol. The summed E-state index contributed by atoms with van der Waals surface area (Å²) >= 11 is 0. The molecule has 0 saturated carbocycles. The summed E-state index contributed by atoms with van der Waals surface area (Å²) in [6.45, 7) is 0. The van der Waals surface area contributed by atoms with E-state index < -0.39 is 5.95 Å². The van der Waals surface area contributed by atoms with Gasteiger partial charge in [0.2, 0.25) is 5.95 Å². The quantitative estimate of drug-likeness (QED) is 0.754. The SMILES string of the molecule is O=C(Nc1c2c(nn1-c1ccccc1)CCC2)c1ccc(F)nc1. The number of pyridine rings is 1. The Hall–Kier alpha value is -3.02. The lowest BCUT2D eigenvalue weighted by Crippen LogP contribution is -2.16. The average molecular weight is 322 g/mol. The molecule has 0 saturated heterocycles. The highest BCUT2D eigenvalue weighted by Crippen LogP contribution is 2.31. The van der Waals surface area contributed by atoms with Crippen molar-refractivity contribution in [1.82, 2.24) is 14.8 Å². The maximum Gasteiger partial charge on any atom is 0.258 e. The van der Waals surface area contributed by atoms with E-state index in [1.165, 1.54) is 18.3 Å². The second-order valence-corrected chi connectivity index (χ2v) is 5.70. The number of halogens is 1. The molecule has 1 aromatic carbocycles. The average Bonchev–Trinajstić information content (AvgIpc) is 3.19. The van der Waals surface area contributed by atoms with Crippen molar-refractivity contribution in [2.24, 2.45) is 0 Å². The van der Waals surface area contributed by atoms with Crippen LogP contribution in [0.1, 0.15) is 28.0 Å². The molecule has 0 aliphatic heterocycles. The number of hydrogen-bond donors (Lipinski definition) is 1. The number of aromatic nitrogens is 3. The van der Waals surface area contributed by atoms with Crippen molar-refractivity contribution in [2.45, 2.75) is 19.3 Å². The summed E-state index contributed by atoms with van der Waals surface area (Å²) in [5.74, 6) is -0.251. The van der Waals surface area contributed by atoms with E-state index in [2.05, 4.69) is 15.4 Å². The number of amides is 1. The number of para-hydroxylation sites is 1. The maximum absolute atomic E-state index is 12.9. The van der Waals surface area contributed by atoms with Crippen LogP contribution >= 0.6 is 0 Å². The van der Waals surface area contributed by atoms with Crippen molar-refractivity contribution in [1.29, 1.82) is 0 Å². The number of anilines is 1. The Morgan fingerprint density at radius 3 is 2.71 bits per heavy atom. The van der Waals surface area contributed by atoms with Gasteiger partial charge < -0.3 is 5.32 Å². The summed E-state index contributed by atoms with van der Waals surface area (Å²) in [5, 5.41) is 7.57. The normalized spacial score (nSPS) is 12.9. The first-order valence-corrected chi connectivity index (χ1v) is 7.81. The van der Waals surface area contributed by atoms with E-state index in [1.807, 2.05) is 30.3 Å². The second kappa shape index (κ2) is 5.88. The van der Waals surface area contributed by atoms with Gasteiger partial charge in [0.15, 0.2) is 0 Å². The molecule has 0 unspecified atom stereocenters. The topological polar surface area (TPSA) is 59.8 Å². The zero-order valence-corrected chi connectivity index (χ0v) is 12.9. The van der Waals surface area contributed by atoms with Gasteiger partial charge in [-0.05, 0) is 43.5 Å². The number of nitrogens with one attached hydrogen (secondary N) is 1. The van der Waals surface area contributed by atoms with Crippen LogP contribution in [0.25, 0.3) is 5.69 Å². The van der Waals surface area contributed by atoms with Crippen LogP contribution in [0, 0.1) is 5.95 Å². The molecule has 0 atom stereocenters. The molecule has 0 bridgehead atoms. The van der Waals surface area contributed by atoms with Crippen LogP contribution in [-0.2, 0) is 12.8 Å². The molecule has 6 heteroatoms. The number of carbonyl (C=O) groups is 1. The van der Waals surface area contributed by atoms with Gasteiger partial charge in [-0.3, -0.25) is 4.79 Å². The summed E-state index contributed by atoms with van der Waals surface area (Å²) in [7, 11) is 0. The van der Waals surface area contributed by atoms with Crippen molar-refractivity contribution in [3.05, 3.63) is 71.4 Å². The third kappa shape index (κ3) is 2.56. The molecule has 2 heterocycles. The molecule has 4 rings (SSSR count). The van der Waals surface area contributed by atoms with E-state index in [-0.39, 0.29) is 5.91 Å². The molecule has 120 valence electrons. The largest absolute Gasteiger partial charge is 0.306 e.